The summed E-state index contributed by atoms with van der Waals surface area (Å²) in [5, 5.41) is 9.86. The fourth-order valence-corrected chi connectivity index (χ4v) is 5.16. The topological polar surface area (TPSA) is 57.6 Å². The van der Waals surface area contributed by atoms with Gasteiger partial charge in [-0.2, -0.15) is 4.31 Å². The molecule has 0 amide bonds. The van der Waals surface area contributed by atoms with E-state index in [2.05, 4.69) is 0 Å². The van der Waals surface area contributed by atoms with Crippen LogP contribution in [0.4, 0.5) is 0 Å². The Bertz CT molecular complexity index is 542. The Morgan fingerprint density at radius 3 is 2.52 bits per heavy atom. The standard InChI is InChI=1S/C16H25NO3S/c1-13(15-8-4-3-5-9-15)12-21(19,20)17-11-7-6-10-16(17)14(2)18/h3-5,8-9,13-14,16,18H,6-7,10-12H2,1-2H3. The van der Waals surface area contributed by atoms with Crippen molar-refractivity contribution in [1.29, 1.82) is 0 Å². The third-order valence-electron chi connectivity index (χ3n) is 4.24. The Hall–Kier alpha value is -0.910. The van der Waals surface area contributed by atoms with Gasteiger partial charge in [0.25, 0.3) is 0 Å². The van der Waals surface area contributed by atoms with Gasteiger partial charge in [0.05, 0.1) is 17.9 Å². The monoisotopic (exact) mass is 311 g/mol. The first kappa shape index (κ1) is 16.5. The quantitative estimate of drug-likeness (QED) is 0.908. The first-order valence-corrected chi connectivity index (χ1v) is 9.25. The SMILES string of the molecule is CC(CS(=O)(=O)N1CCCCC1C(C)O)c1ccccc1. The number of hydrogen-bond acceptors (Lipinski definition) is 3. The van der Waals surface area contributed by atoms with Crippen molar-refractivity contribution in [2.75, 3.05) is 12.3 Å². The van der Waals surface area contributed by atoms with E-state index in [1.165, 1.54) is 4.31 Å². The van der Waals surface area contributed by atoms with Gasteiger partial charge < -0.3 is 5.11 Å². The highest BCUT2D eigenvalue weighted by Gasteiger charge is 2.35. The number of aliphatic hydroxyl groups is 1. The second-order valence-electron chi connectivity index (χ2n) is 6.00. The van der Waals surface area contributed by atoms with E-state index in [0.717, 1.165) is 24.8 Å². The zero-order valence-electron chi connectivity index (χ0n) is 12.8. The summed E-state index contributed by atoms with van der Waals surface area (Å²) in [4.78, 5) is 0. The normalized spacial score (nSPS) is 23.7. The number of sulfonamides is 1. The number of aliphatic hydroxyl groups excluding tert-OH is 1. The van der Waals surface area contributed by atoms with Crippen molar-refractivity contribution in [2.45, 2.75) is 51.2 Å². The fourth-order valence-electron chi connectivity index (χ4n) is 3.05. The van der Waals surface area contributed by atoms with E-state index in [-0.39, 0.29) is 17.7 Å². The van der Waals surface area contributed by atoms with E-state index in [4.69, 9.17) is 0 Å². The first-order chi connectivity index (χ1) is 9.92. The van der Waals surface area contributed by atoms with Crippen LogP contribution in [0.2, 0.25) is 0 Å². The van der Waals surface area contributed by atoms with Crippen LogP contribution < -0.4 is 0 Å². The molecule has 1 aromatic rings. The van der Waals surface area contributed by atoms with E-state index < -0.39 is 16.1 Å². The Kier molecular flexibility index (Phi) is 5.41. The molecule has 2 rings (SSSR count). The molecule has 1 heterocycles. The lowest BCUT2D eigenvalue weighted by atomic mass is 10.0. The lowest BCUT2D eigenvalue weighted by Gasteiger charge is -2.37. The third kappa shape index (κ3) is 4.05. The highest BCUT2D eigenvalue weighted by molar-refractivity contribution is 7.89. The summed E-state index contributed by atoms with van der Waals surface area (Å²) in [7, 11) is -3.35. The molecule has 4 nitrogen and oxygen atoms in total. The highest BCUT2D eigenvalue weighted by Crippen LogP contribution is 2.26. The molecule has 1 aliphatic heterocycles. The van der Waals surface area contributed by atoms with E-state index in [9.17, 15) is 13.5 Å². The van der Waals surface area contributed by atoms with Crippen LogP contribution in [-0.2, 0) is 10.0 Å². The number of rotatable bonds is 5. The van der Waals surface area contributed by atoms with Crippen molar-refractivity contribution in [3.05, 3.63) is 35.9 Å². The molecule has 0 bridgehead atoms. The molecule has 21 heavy (non-hydrogen) atoms. The largest absolute Gasteiger partial charge is 0.392 e. The second kappa shape index (κ2) is 6.90. The molecule has 5 heteroatoms. The maximum atomic E-state index is 12.7. The van der Waals surface area contributed by atoms with Gasteiger partial charge in [-0.3, -0.25) is 0 Å². The van der Waals surface area contributed by atoms with Crippen molar-refractivity contribution < 1.29 is 13.5 Å². The summed E-state index contributed by atoms with van der Waals surface area (Å²) in [5.41, 5.74) is 1.03. The van der Waals surface area contributed by atoms with Crippen molar-refractivity contribution in [3.63, 3.8) is 0 Å². The Morgan fingerprint density at radius 2 is 1.90 bits per heavy atom. The summed E-state index contributed by atoms with van der Waals surface area (Å²) in [6, 6.07) is 9.44. The van der Waals surface area contributed by atoms with Crippen LogP contribution in [0.3, 0.4) is 0 Å². The first-order valence-electron chi connectivity index (χ1n) is 7.64. The molecule has 118 valence electrons. The van der Waals surface area contributed by atoms with Crippen LogP contribution in [0.25, 0.3) is 0 Å². The fraction of sp³-hybridized carbons (Fsp3) is 0.625. The molecule has 0 aliphatic carbocycles. The molecule has 1 fully saturated rings. The molecule has 0 aromatic heterocycles. The van der Waals surface area contributed by atoms with Crippen LogP contribution in [0, 0.1) is 0 Å². The molecule has 1 saturated heterocycles. The van der Waals surface area contributed by atoms with Gasteiger partial charge in [-0.1, -0.05) is 43.7 Å². The van der Waals surface area contributed by atoms with E-state index in [1.54, 1.807) is 6.92 Å². The van der Waals surface area contributed by atoms with Crippen LogP contribution in [0.1, 0.15) is 44.6 Å². The molecule has 0 saturated carbocycles. The Morgan fingerprint density at radius 1 is 1.24 bits per heavy atom. The molecule has 3 atom stereocenters. The predicted molar refractivity (Wildman–Crippen MR) is 84.7 cm³/mol. The summed E-state index contributed by atoms with van der Waals surface area (Å²) in [6.45, 7) is 4.15. The van der Waals surface area contributed by atoms with Gasteiger partial charge in [-0.25, -0.2) is 8.42 Å². The molecule has 1 N–H and O–H groups in total. The van der Waals surface area contributed by atoms with Gasteiger partial charge >= 0.3 is 0 Å². The maximum Gasteiger partial charge on any atom is 0.215 e. The highest BCUT2D eigenvalue weighted by atomic mass is 32.2. The van der Waals surface area contributed by atoms with Gasteiger partial charge in [-0.15, -0.1) is 0 Å². The smallest absolute Gasteiger partial charge is 0.215 e. The summed E-state index contributed by atoms with van der Waals surface area (Å²) < 4.78 is 26.9. The number of nitrogens with zero attached hydrogens (tertiary/aromatic N) is 1. The average molecular weight is 311 g/mol. The van der Waals surface area contributed by atoms with Crippen molar-refractivity contribution in [1.82, 2.24) is 4.31 Å². The molecule has 0 spiro atoms. The molecule has 3 unspecified atom stereocenters. The number of piperidine rings is 1. The molecule has 1 aliphatic rings. The average Bonchev–Trinajstić information content (AvgIpc) is 2.47. The zero-order valence-corrected chi connectivity index (χ0v) is 13.6. The predicted octanol–water partition coefficient (Wildman–Crippen LogP) is 2.36. The van der Waals surface area contributed by atoms with Crippen LogP contribution in [-0.4, -0.2) is 42.3 Å². The van der Waals surface area contributed by atoms with Crippen LogP contribution >= 0.6 is 0 Å². The maximum absolute atomic E-state index is 12.7. The third-order valence-corrected chi connectivity index (χ3v) is 6.33. The van der Waals surface area contributed by atoms with E-state index >= 15 is 0 Å². The van der Waals surface area contributed by atoms with Crippen LogP contribution in [0.15, 0.2) is 30.3 Å². The Balaban J connectivity index is 2.13. The summed E-state index contributed by atoms with van der Waals surface area (Å²) in [5.74, 6) is 0.0491. The minimum Gasteiger partial charge on any atom is -0.392 e. The zero-order chi connectivity index (χ0) is 15.5. The summed E-state index contributed by atoms with van der Waals surface area (Å²) in [6.07, 6.45) is 1.99. The van der Waals surface area contributed by atoms with E-state index in [1.807, 2.05) is 37.3 Å². The van der Waals surface area contributed by atoms with Crippen LogP contribution in [0.5, 0.6) is 0 Å². The minimum absolute atomic E-state index is 0.0484. The molecule has 0 radical (unpaired) electrons. The number of hydrogen-bond donors (Lipinski definition) is 1. The van der Waals surface area contributed by atoms with Crippen molar-refractivity contribution >= 4 is 10.0 Å². The number of benzene rings is 1. The van der Waals surface area contributed by atoms with Gasteiger partial charge in [0.2, 0.25) is 10.0 Å². The Labute approximate surface area is 127 Å². The van der Waals surface area contributed by atoms with Crippen molar-refractivity contribution in [2.24, 2.45) is 0 Å². The molecular formula is C16H25NO3S. The van der Waals surface area contributed by atoms with Gasteiger partial charge in [-0.05, 0) is 31.2 Å². The lowest BCUT2D eigenvalue weighted by Crippen LogP contribution is -2.50. The summed E-state index contributed by atoms with van der Waals surface area (Å²) >= 11 is 0. The lowest BCUT2D eigenvalue weighted by molar-refractivity contribution is 0.0830. The van der Waals surface area contributed by atoms with Gasteiger partial charge in [0, 0.05) is 6.54 Å². The molecule has 1 aromatic carbocycles. The van der Waals surface area contributed by atoms with Crippen molar-refractivity contribution in [3.8, 4) is 0 Å². The van der Waals surface area contributed by atoms with Gasteiger partial charge in [0.1, 0.15) is 0 Å². The molecular weight excluding hydrogens is 286 g/mol. The second-order valence-corrected chi connectivity index (χ2v) is 7.97. The minimum atomic E-state index is -3.35. The van der Waals surface area contributed by atoms with E-state index in [0.29, 0.717) is 6.54 Å². The van der Waals surface area contributed by atoms with Gasteiger partial charge in [0.15, 0.2) is 0 Å².